The molecule has 1 aliphatic rings. The zero-order chi connectivity index (χ0) is 16.5. The molecule has 24 heavy (non-hydrogen) atoms. The van der Waals surface area contributed by atoms with Crippen molar-refractivity contribution < 1.29 is 9.53 Å². The van der Waals surface area contributed by atoms with E-state index in [1.165, 1.54) is 12.0 Å². The number of aryl methyl sites for hydroxylation is 1. The van der Waals surface area contributed by atoms with Crippen molar-refractivity contribution in [2.75, 3.05) is 33.3 Å². The van der Waals surface area contributed by atoms with E-state index in [4.69, 9.17) is 4.74 Å². The second-order valence-corrected chi connectivity index (χ2v) is 6.53. The summed E-state index contributed by atoms with van der Waals surface area (Å²) in [7, 11) is 1.98. The lowest BCUT2D eigenvalue weighted by atomic mass is 9.97. The quantitative estimate of drug-likeness (QED) is 0.727. The molecular weight excluding hydrogens is 324 g/mol. The van der Waals surface area contributed by atoms with Gasteiger partial charge in [0.15, 0.2) is 0 Å². The number of unbranched alkanes of at least 4 members (excludes halogenated alkanes) is 1. The summed E-state index contributed by atoms with van der Waals surface area (Å²) >= 11 is 0. The van der Waals surface area contributed by atoms with Gasteiger partial charge < -0.3 is 15.0 Å². The van der Waals surface area contributed by atoms with E-state index in [2.05, 4.69) is 18.3 Å². The van der Waals surface area contributed by atoms with Crippen molar-refractivity contribution in [3.63, 3.8) is 0 Å². The molecule has 1 aromatic carbocycles. The Bertz CT molecular complexity index is 494. The number of benzene rings is 1. The van der Waals surface area contributed by atoms with Crippen molar-refractivity contribution in [3.05, 3.63) is 29.8 Å². The van der Waals surface area contributed by atoms with Crippen LogP contribution in [0.25, 0.3) is 0 Å². The lowest BCUT2D eigenvalue weighted by molar-refractivity contribution is -0.133. The van der Waals surface area contributed by atoms with Crippen LogP contribution in [-0.2, 0) is 4.79 Å². The highest BCUT2D eigenvalue weighted by molar-refractivity contribution is 5.85. The molecule has 5 heteroatoms. The van der Waals surface area contributed by atoms with Gasteiger partial charge in [-0.2, -0.15) is 0 Å². The lowest BCUT2D eigenvalue weighted by Gasteiger charge is -2.32. The molecule has 1 aromatic rings. The standard InChI is InChI=1S/C19H30N2O2.ClH/c1-16-7-5-9-18(13-16)23-12-4-3-10-19(22)21-11-6-8-17(15-21)14-20-2;/h5,7,9,13,17,20H,3-4,6,8,10-12,14-15H2,1-2H3;1H. The molecule has 1 heterocycles. The number of likely N-dealkylation sites (tertiary alicyclic amines) is 1. The van der Waals surface area contributed by atoms with Crippen LogP contribution in [0.5, 0.6) is 5.75 Å². The first kappa shape index (κ1) is 20.8. The fraction of sp³-hybridized carbons (Fsp3) is 0.632. The molecule has 0 aliphatic carbocycles. The van der Waals surface area contributed by atoms with E-state index in [-0.39, 0.29) is 12.4 Å². The summed E-state index contributed by atoms with van der Waals surface area (Å²) in [5, 5.41) is 3.22. The predicted octanol–water partition coefficient (Wildman–Crippen LogP) is 3.42. The highest BCUT2D eigenvalue weighted by Crippen LogP contribution is 2.17. The number of carbonyl (C=O) groups excluding carboxylic acids is 1. The number of hydrogen-bond acceptors (Lipinski definition) is 3. The first-order chi connectivity index (χ1) is 11.2. The first-order valence-corrected chi connectivity index (χ1v) is 8.81. The Hall–Kier alpha value is -1.26. The summed E-state index contributed by atoms with van der Waals surface area (Å²) in [4.78, 5) is 14.3. The zero-order valence-corrected chi connectivity index (χ0v) is 15.7. The minimum Gasteiger partial charge on any atom is -0.494 e. The minimum absolute atomic E-state index is 0. The molecular formula is C19H31ClN2O2. The van der Waals surface area contributed by atoms with E-state index in [0.717, 1.165) is 44.6 Å². The van der Waals surface area contributed by atoms with Crippen LogP contribution in [0.2, 0.25) is 0 Å². The number of hydrogen-bond donors (Lipinski definition) is 1. The molecule has 1 atom stereocenters. The van der Waals surface area contributed by atoms with Gasteiger partial charge in [-0.05, 0) is 69.8 Å². The maximum atomic E-state index is 12.3. The van der Waals surface area contributed by atoms with Crippen molar-refractivity contribution in [1.82, 2.24) is 10.2 Å². The third kappa shape index (κ3) is 7.10. The average Bonchev–Trinajstić information content (AvgIpc) is 2.55. The van der Waals surface area contributed by atoms with Gasteiger partial charge in [0.25, 0.3) is 0 Å². The van der Waals surface area contributed by atoms with E-state index < -0.39 is 0 Å². The van der Waals surface area contributed by atoms with Gasteiger partial charge in [-0.15, -0.1) is 12.4 Å². The Morgan fingerprint density at radius 1 is 1.38 bits per heavy atom. The Kier molecular flexibility index (Phi) is 9.80. The molecule has 0 saturated carbocycles. The molecule has 2 rings (SSSR count). The molecule has 0 bridgehead atoms. The highest BCUT2D eigenvalue weighted by Gasteiger charge is 2.22. The summed E-state index contributed by atoms with van der Waals surface area (Å²) in [6, 6.07) is 8.09. The van der Waals surface area contributed by atoms with Crippen LogP contribution in [0.4, 0.5) is 0 Å². The van der Waals surface area contributed by atoms with Gasteiger partial charge in [-0.3, -0.25) is 4.79 Å². The second kappa shape index (κ2) is 11.3. The third-order valence-electron chi connectivity index (χ3n) is 4.41. The molecule has 136 valence electrons. The van der Waals surface area contributed by atoms with Crippen molar-refractivity contribution in [1.29, 1.82) is 0 Å². The fourth-order valence-corrected chi connectivity index (χ4v) is 3.18. The van der Waals surface area contributed by atoms with Crippen LogP contribution in [0, 0.1) is 12.8 Å². The van der Waals surface area contributed by atoms with E-state index >= 15 is 0 Å². The largest absolute Gasteiger partial charge is 0.494 e. The Labute approximate surface area is 152 Å². The second-order valence-electron chi connectivity index (χ2n) is 6.53. The van der Waals surface area contributed by atoms with Crippen molar-refractivity contribution in [2.24, 2.45) is 5.92 Å². The van der Waals surface area contributed by atoms with Gasteiger partial charge in [0.05, 0.1) is 6.61 Å². The van der Waals surface area contributed by atoms with Crippen LogP contribution in [0.3, 0.4) is 0 Å². The third-order valence-corrected chi connectivity index (χ3v) is 4.41. The van der Waals surface area contributed by atoms with Crippen LogP contribution in [0.15, 0.2) is 24.3 Å². The molecule has 1 saturated heterocycles. The van der Waals surface area contributed by atoms with Crippen LogP contribution >= 0.6 is 12.4 Å². The van der Waals surface area contributed by atoms with Gasteiger partial charge in [0.1, 0.15) is 5.75 Å². The molecule has 1 unspecified atom stereocenters. The summed E-state index contributed by atoms with van der Waals surface area (Å²) in [5.41, 5.74) is 1.21. The molecule has 1 fully saturated rings. The average molecular weight is 355 g/mol. The van der Waals surface area contributed by atoms with Crippen molar-refractivity contribution >= 4 is 18.3 Å². The minimum atomic E-state index is 0. The smallest absolute Gasteiger partial charge is 0.222 e. The lowest BCUT2D eigenvalue weighted by Crippen LogP contribution is -2.42. The summed E-state index contributed by atoms with van der Waals surface area (Å²) in [6.07, 6.45) is 4.83. The normalized spacial score (nSPS) is 17.2. The van der Waals surface area contributed by atoms with Crippen LogP contribution in [-0.4, -0.2) is 44.1 Å². The van der Waals surface area contributed by atoms with E-state index in [9.17, 15) is 4.79 Å². The SMILES string of the molecule is CNCC1CCCN(C(=O)CCCCOc2cccc(C)c2)C1.Cl. The number of nitrogens with one attached hydrogen (secondary N) is 1. The van der Waals surface area contributed by atoms with E-state index in [0.29, 0.717) is 24.9 Å². The molecule has 4 nitrogen and oxygen atoms in total. The molecule has 1 N–H and O–H groups in total. The molecule has 0 spiro atoms. The number of carbonyl (C=O) groups is 1. The number of piperidine rings is 1. The topological polar surface area (TPSA) is 41.6 Å². The maximum absolute atomic E-state index is 12.3. The molecule has 0 aromatic heterocycles. The van der Waals surface area contributed by atoms with Crippen molar-refractivity contribution in [3.8, 4) is 5.75 Å². The molecule has 0 radical (unpaired) electrons. The Morgan fingerprint density at radius 3 is 2.96 bits per heavy atom. The molecule has 1 aliphatic heterocycles. The summed E-state index contributed by atoms with van der Waals surface area (Å²) < 4.78 is 5.73. The Morgan fingerprint density at radius 2 is 2.21 bits per heavy atom. The zero-order valence-electron chi connectivity index (χ0n) is 14.9. The van der Waals surface area contributed by atoms with Crippen LogP contribution in [0.1, 0.15) is 37.7 Å². The van der Waals surface area contributed by atoms with Gasteiger partial charge in [-0.1, -0.05) is 12.1 Å². The van der Waals surface area contributed by atoms with Gasteiger partial charge in [0.2, 0.25) is 5.91 Å². The highest BCUT2D eigenvalue weighted by atomic mass is 35.5. The van der Waals surface area contributed by atoms with E-state index in [1.807, 2.05) is 30.1 Å². The number of amides is 1. The predicted molar refractivity (Wildman–Crippen MR) is 101 cm³/mol. The van der Waals surface area contributed by atoms with Gasteiger partial charge >= 0.3 is 0 Å². The first-order valence-electron chi connectivity index (χ1n) is 8.81. The number of ether oxygens (including phenoxy) is 1. The van der Waals surface area contributed by atoms with Gasteiger partial charge in [-0.25, -0.2) is 0 Å². The fourth-order valence-electron chi connectivity index (χ4n) is 3.18. The number of rotatable bonds is 8. The number of nitrogens with zero attached hydrogens (tertiary/aromatic N) is 1. The molecule has 1 amide bonds. The maximum Gasteiger partial charge on any atom is 0.222 e. The van der Waals surface area contributed by atoms with E-state index in [1.54, 1.807) is 0 Å². The summed E-state index contributed by atoms with van der Waals surface area (Å²) in [5.74, 6) is 1.84. The van der Waals surface area contributed by atoms with Crippen LogP contribution < -0.4 is 10.1 Å². The number of halogens is 1. The van der Waals surface area contributed by atoms with Crippen molar-refractivity contribution in [2.45, 2.75) is 39.0 Å². The Balaban J connectivity index is 0.00000288. The van der Waals surface area contributed by atoms with Gasteiger partial charge in [0, 0.05) is 19.5 Å². The monoisotopic (exact) mass is 354 g/mol. The summed E-state index contributed by atoms with van der Waals surface area (Å²) in [6.45, 7) is 5.59.